The number of benzene rings is 4. The summed E-state index contributed by atoms with van der Waals surface area (Å²) in [6.07, 6.45) is 3.04. The van der Waals surface area contributed by atoms with E-state index < -0.39 is 25.9 Å². The molecule has 322 valence electrons. The van der Waals surface area contributed by atoms with Gasteiger partial charge in [-0.05, 0) is 59.0 Å². The number of nitrogens with zero attached hydrogens (tertiary/aromatic N) is 1. The van der Waals surface area contributed by atoms with Crippen LogP contribution in [0.5, 0.6) is 23.0 Å². The van der Waals surface area contributed by atoms with E-state index in [0.717, 1.165) is 22.8 Å². The van der Waals surface area contributed by atoms with Crippen LogP contribution in [-0.4, -0.2) is 94.2 Å². The average Bonchev–Trinajstić information content (AvgIpc) is 3.19. The summed E-state index contributed by atoms with van der Waals surface area (Å²) < 4.78 is 86.3. The summed E-state index contributed by atoms with van der Waals surface area (Å²) >= 11 is 0. The molecule has 2 amide bonds. The van der Waals surface area contributed by atoms with E-state index in [1.54, 1.807) is 61.8 Å². The number of hydrogen-bond acceptors (Lipinski definition) is 12. The van der Waals surface area contributed by atoms with E-state index in [9.17, 15) is 21.6 Å². The number of sulfone groups is 1. The monoisotopic (exact) mass is 864 g/mol. The number of nitrogens with one attached hydrogen (secondary N) is 3. The molecule has 5 rings (SSSR count). The fraction of sp³-hybridized carbons (Fsp3) is 0.349. The molecule has 0 aliphatic heterocycles. The molecule has 5 aromatic rings. The summed E-state index contributed by atoms with van der Waals surface area (Å²) in [5.74, 6) is 1.22. The van der Waals surface area contributed by atoms with Gasteiger partial charge in [0.15, 0.2) is 15.6 Å². The van der Waals surface area contributed by atoms with Gasteiger partial charge < -0.3 is 39.1 Å². The number of anilines is 3. The van der Waals surface area contributed by atoms with Crippen LogP contribution in [0.3, 0.4) is 0 Å². The van der Waals surface area contributed by atoms with Gasteiger partial charge in [0.25, 0.3) is 0 Å². The first-order valence-electron chi connectivity index (χ1n) is 19.0. The largest absolute Gasteiger partial charge is 0.495 e. The lowest BCUT2D eigenvalue weighted by Crippen LogP contribution is -2.22. The quantitative estimate of drug-likeness (QED) is 0.0659. The van der Waals surface area contributed by atoms with Crippen LogP contribution in [0.4, 0.5) is 21.9 Å². The number of rotatable bonds is 20. The molecule has 15 nitrogen and oxygen atoms in total. The van der Waals surface area contributed by atoms with Crippen LogP contribution in [-0.2, 0) is 45.9 Å². The number of pyridine rings is 1. The molecule has 0 atom stereocenters. The zero-order chi connectivity index (χ0) is 43.5. The van der Waals surface area contributed by atoms with Crippen LogP contribution in [0.25, 0.3) is 10.8 Å². The van der Waals surface area contributed by atoms with E-state index in [-0.39, 0.29) is 52.2 Å². The third-order valence-electron chi connectivity index (χ3n) is 9.10. The van der Waals surface area contributed by atoms with Crippen LogP contribution < -0.4 is 29.6 Å². The Morgan fingerprint density at radius 3 is 2.08 bits per heavy atom. The number of carbonyl (C=O) groups is 1. The standard InChI is InChI=1S/C43H52N4O11S2/c1-43(2,3)30-26-36(41(55-6)37(27-30)47-59(7,49)50)46-42(48)45-35-13-14-38(34-11-9-8-10-33(34)35)58-32-16-17-44-31(28-32)24-29-12-15-40(39(25-29)54-5)60(51,52)23-22-57-21-20-56-19-18-53-4/h8-17,25-28,47H,18-24H2,1-7H3,(H2,45,46,48). The van der Waals surface area contributed by atoms with Gasteiger partial charge in [0.05, 0.1) is 76.3 Å². The van der Waals surface area contributed by atoms with Crippen molar-refractivity contribution < 1.29 is 50.1 Å². The Labute approximate surface area is 351 Å². The van der Waals surface area contributed by atoms with Crippen LogP contribution in [0.1, 0.15) is 37.6 Å². The molecule has 1 heterocycles. The number of amides is 2. The third-order valence-corrected chi connectivity index (χ3v) is 11.4. The molecule has 0 aliphatic carbocycles. The Morgan fingerprint density at radius 2 is 1.40 bits per heavy atom. The minimum absolute atomic E-state index is 0.0131. The third kappa shape index (κ3) is 12.5. The number of urea groups is 1. The maximum absolute atomic E-state index is 13.5. The lowest BCUT2D eigenvalue weighted by atomic mass is 9.86. The second-order valence-electron chi connectivity index (χ2n) is 14.7. The zero-order valence-electron chi connectivity index (χ0n) is 34.8. The minimum atomic E-state index is -3.69. The van der Waals surface area contributed by atoms with Crippen LogP contribution in [0.2, 0.25) is 0 Å². The Morgan fingerprint density at radius 1 is 0.717 bits per heavy atom. The summed E-state index contributed by atoms with van der Waals surface area (Å²) in [6.45, 7) is 7.46. The van der Waals surface area contributed by atoms with Crippen molar-refractivity contribution in [1.82, 2.24) is 4.98 Å². The maximum atomic E-state index is 13.5. The predicted octanol–water partition coefficient (Wildman–Crippen LogP) is 7.40. The summed E-state index contributed by atoms with van der Waals surface area (Å²) in [7, 11) is -2.94. The molecule has 17 heteroatoms. The molecule has 4 aromatic carbocycles. The molecular formula is C43H52N4O11S2. The minimum Gasteiger partial charge on any atom is -0.495 e. The van der Waals surface area contributed by atoms with Gasteiger partial charge in [-0.2, -0.15) is 0 Å². The van der Waals surface area contributed by atoms with E-state index in [1.165, 1.54) is 20.3 Å². The van der Waals surface area contributed by atoms with Gasteiger partial charge in [0.2, 0.25) is 10.0 Å². The highest BCUT2D eigenvalue weighted by molar-refractivity contribution is 7.92. The van der Waals surface area contributed by atoms with Crippen molar-refractivity contribution in [1.29, 1.82) is 0 Å². The fourth-order valence-electron chi connectivity index (χ4n) is 6.17. The van der Waals surface area contributed by atoms with E-state index in [1.807, 2.05) is 45.0 Å². The molecule has 0 radical (unpaired) electrons. The van der Waals surface area contributed by atoms with E-state index in [2.05, 4.69) is 20.3 Å². The lowest BCUT2D eigenvalue weighted by molar-refractivity contribution is 0.0284. The Bertz CT molecular complexity index is 2510. The molecule has 0 unspecified atom stereocenters. The number of sulfonamides is 1. The summed E-state index contributed by atoms with van der Waals surface area (Å²) in [6, 6.07) is 22.3. The summed E-state index contributed by atoms with van der Waals surface area (Å²) in [5, 5.41) is 7.17. The van der Waals surface area contributed by atoms with Crippen LogP contribution in [0, 0.1) is 0 Å². The Balaban J connectivity index is 1.29. The highest BCUT2D eigenvalue weighted by atomic mass is 32.2. The number of aromatic nitrogens is 1. The van der Waals surface area contributed by atoms with Gasteiger partial charge in [-0.3, -0.25) is 9.71 Å². The van der Waals surface area contributed by atoms with Gasteiger partial charge in [-0.15, -0.1) is 0 Å². The first-order chi connectivity index (χ1) is 28.5. The Kier molecular flexibility index (Phi) is 15.4. The molecular weight excluding hydrogens is 813 g/mol. The van der Waals surface area contributed by atoms with Crippen LogP contribution >= 0.6 is 0 Å². The van der Waals surface area contributed by atoms with E-state index >= 15 is 0 Å². The number of ether oxygens (including phenoxy) is 6. The van der Waals surface area contributed by atoms with Crippen molar-refractivity contribution in [2.45, 2.75) is 37.5 Å². The smallest absolute Gasteiger partial charge is 0.323 e. The summed E-state index contributed by atoms with van der Waals surface area (Å²) in [5.41, 5.74) is 2.83. The highest BCUT2D eigenvalue weighted by Gasteiger charge is 2.23. The van der Waals surface area contributed by atoms with E-state index in [4.69, 9.17) is 28.4 Å². The molecule has 3 N–H and O–H groups in total. The molecule has 0 saturated carbocycles. The number of methoxy groups -OCH3 is 3. The fourth-order valence-corrected chi connectivity index (χ4v) is 8.00. The topological polar surface area (TPSA) is 190 Å². The van der Waals surface area contributed by atoms with Crippen molar-refractivity contribution in [2.24, 2.45) is 0 Å². The van der Waals surface area contributed by atoms with Crippen LogP contribution in [0.15, 0.2) is 90.0 Å². The second kappa shape index (κ2) is 20.2. The van der Waals surface area contributed by atoms with E-state index in [0.29, 0.717) is 54.5 Å². The summed E-state index contributed by atoms with van der Waals surface area (Å²) in [4.78, 5) is 18.1. The second-order valence-corrected chi connectivity index (χ2v) is 18.6. The van der Waals surface area contributed by atoms with Gasteiger partial charge >= 0.3 is 6.03 Å². The van der Waals surface area contributed by atoms with Crippen molar-refractivity contribution >= 4 is 53.7 Å². The molecule has 60 heavy (non-hydrogen) atoms. The molecule has 0 saturated heterocycles. The molecule has 0 fully saturated rings. The van der Waals surface area contributed by atoms with Crippen molar-refractivity contribution in [3.05, 3.63) is 102 Å². The molecule has 0 aliphatic rings. The Hall–Kier alpha value is -5.46. The SMILES string of the molecule is COCCOCCOCCS(=O)(=O)c1ccc(Cc2cc(Oc3ccc(NC(=O)Nc4cc(C(C)(C)C)cc(NS(C)(=O)=O)c4OC)c4ccccc34)ccn2)cc1OC. The maximum Gasteiger partial charge on any atom is 0.323 e. The lowest BCUT2D eigenvalue weighted by Gasteiger charge is -2.24. The normalized spacial score (nSPS) is 11.9. The highest BCUT2D eigenvalue weighted by Crippen LogP contribution is 2.40. The number of hydrogen-bond donors (Lipinski definition) is 3. The van der Waals surface area contributed by atoms with Crippen molar-refractivity contribution in [3.8, 4) is 23.0 Å². The van der Waals surface area contributed by atoms with Gasteiger partial charge in [-0.25, -0.2) is 21.6 Å². The first-order valence-corrected chi connectivity index (χ1v) is 22.5. The van der Waals surface area contributed by atoms with Crippen molar-refractivity contribution in [3.63, 3.8) is 0 Å². The molecule has 1 aromatic heterocycles. The predicted molar refractivity (Wildman–Crippen MR) is 232 cm³/mol. The molecule has 0 spiro atoms. The van der Waals surface area contributed by atoms with Gasteiger partial charge in [-0.1, -0.05) is 51.1 Å². The number of carbonyl (C=O) groups excluding carboxylic acids is 1. The average molecular weight is 865 g/mol. The molecule has 0 bridgehead atoms. The number of fused-ring (bicyclic) bond motifs is 1. The van der Waals surface area contributed by atoms with Gasteiger partial charge in [0.1, 0.15) is 22.1 Å². The zero-order valence-corrected chi connectivity index (χ0v) is 36.4. The first kappa shape index (κ1) is 45.6. The van der Waals surface area contributed by atoms with Crippen molar-refractivity contribution in [2.75, 3.05) is 81.7 Å². The van der Waals surface area contributed by atoms with Gasteiger partial charge in [0, 0.05) is 42.3 Å².